The lowest BCUT2D eigenvalue weighted by molar-refractivity contribution is -0.384. The van der Waals surface area contributed by atoms with E-state index in [1.165, 1.54) is 12.1 Å². The zero-order chi connectivity index (χ0) is 21.4. The number of hydrogen-bond acceptors (Lipinski definition) is 5. The molecule has 1 aromatic heterocycles. The Hall–Kier alpha value is -4.39. The molecule has 0 amide bonds. The number of benzene rings is 3. The lowest BCUT2D eigenvalue weighted by atomic mass is 10.1. The number of non-ortho nitro benzene ring substituents is 1. The number of H-pyrrole nitrogens is 1. The van der Waals surface area contributed by atoms with Crippen LogP contribution in [0, 0.1) is 10.1 Å². The van der Waals surface area contributed by atoms with Crippen LogP contribution in [0.1, 0.15) is 21.5 Å². The summed E-state index contributed by atoms with van der Waals surface area (Å²) in [5, 5.41) is 11.8. The number of carbonyl (C=O) groups is 1. The number of nitro groups is 1. The fraction of sp³-hybridized carbons (Fsp3) is 0.0417. The Bertz CT molecular complexity index is 1350. The molecule has 152 valence electrons. The molecule has 4 aromatic rings. The van der Waals surface area contributed by atoms with E-state index in [1.807, 2.05) is 30.5 Å². The lowest BCUT2D eigenvalue weighted by Crippen LogP contribution is -1.97. The Morgan fingerprint density at radius 1 is 1.06 bits per heavy atom. The first-order chi connectivity index (χ1) is 15.1. The third-order valence-corrected chi connectivity index (χ3v) is 5.10. The molecule has 0 aliphatic carbocycles. The van der Waals surface area contributed by atoms with Gasteiger partial charge in [0.2, 0.25) is 5.78 Å². The number of carbonyl (C=O) groups excluding carboxylic acids is 1. The van der Waals surface area contributed by atoms with Gasteiger partial charge in [-0.3, -0.25) is 14.9 Å². The van der Waals surface area contributed by atoms with Crippen LogP contribution in [0.15, 0.2) is 78.7 Å². The normalized spacial score (nSPS) is 13.9. The molecule has 7 heteroatoms. The number of fused-ring (bicyclic) bond motifs is 2. The van der Waals surface area contributed by atoms with Crippen LogP contribution in [0.2, 0.25) is 0 Å². The van der Waals surface area contributed by atoms with Gasteiger partial charge in [-0.05, 0) is 42.0 Å². The number of ether oxygens (including phenoxy) is 2. The van der Waals surface area contributed by atoms with E-state index in [0.29, 0.717) is 17.1 Å². The smallest absolute Gasteiger partial charge is 0.269 e. The van der Waals surface area contributed by atoms with Crippen molar-refractivity contribution in [2.45, 2.75) is 6.61 Å². The molecule has 2 heterocycles. The van der Waals surface area contributed by atoms with Gasteiger partial charge in [-0.1, -0.05) is 18.2 Å². The van der Waals surface area contributed by atoms with Crippen LogP contribution in [0.3, 0.4) is 0 Å². The maximum Gasteiger partial charge on any atom is 0.269 e. The van der Waals surface area contributed by atoms with Crippen LogP contribution in [0.5, 0.6) is 11.5 Å². The molecule has 0 fully saturated rings. The molecular weight excluding hydrogens is 396 g/mol. The van der Waals surface area contributed by atoms with Crippen molar-refractivity contribution in [3.05, 3.63) is 105 Å². The molecule has 0 saturated carbocycles. The number of nitrogens with one attached hydrogen (secondary N) is 1. The monoisotopic (exact) mass is 412 g/mol. The fourth-order valence-electron chi connectivity index (χ4n) is 3.49. The number of ketones is 1. The van der Waals surface area contributed by atoms with Crippen molar-refractivity contribution >= 4 is 28.4 Å². The highest BCUT2D eigenvalue weighted by Crippen LogP contribution is 2.35. The average molecular weight is 412 g/mol. The highest BCUT2D eigenvalue weighted by Gasteiger charge is 2.28. The minimum Gasteiger partial charge on any atom is -0.489 e. The summed E-state index contributed by atoms with van der Waals surface area (Å²) in [6, 6.07) is 19.1. The number of allylic oxidation sites excluding steroid dienone is 1. The quantitative estimate of drug-likeness (QED) is 0.274. The summed E-state index contributed by atoms with van der Waals surface area (Å²) in [4.78, 5) is 26.2. The molecule has 0 bridgehead atoms. The van der Waals surface area contributed by atoms with Crippen LogP contribution in [0.4, 0.5) is 5.69 Å². The Labute approximate surface area is 176 Å². The molecule has 0 radical (unpaired) electrons. The molecule has 1 aliphatic heterocycles. The van der Waals surface area contributed by atoms with Gasteiger partial charge in [0.15, 0.2) is 5.76 Å². The number of aromatic amines is 1. The number of para-hydroxylation sites is 1. The second kappa shape index (κ2) is 7.46. The van der Waals surface area contributed by atoms with Crippen LogP contribution in [-0.2, 0) is 6.61 Å². The van der Waals surface area contributed by atoms with Crippen molar-refractivity contribution in [3.8, 4) is 11.5 Å². The minimum atomic E-state index is -0.444. The number of nitrogens with zero attached hydrogens (tertiary/aromatic N) is 1. The number of Topliss-reactive ketones (excluding diaryl/α,β-unsaturated/α-hetero) is 1. The van der Waals surface area contributed by atoms with Crippen LogP contribution in [-0.4, -0.2) is 15.7 Å². The van der Waals surface area contributed by atoms with Gasteiger partial charge in [0.1, 0.15) is 18.1 Å². The largest absolute Gasteiger partial charge is 0.489 e. The summed E-state index contributed by atoms with van der Waals surface area (Å²) >= 11 is 0. The van der Waals surface area contributed by atoms with Gasteiger partial charge in [0.25, 0.3) is 5.69 Å². The van der Waals surface area contributed by atoms with E-state index in [4.69, 9.17) is 9.47 Å². The van der Waals surface area contributed by atoms with Crippen molar-refractivity contribution in [3.63, 3.8) is 0 Å². The van der Waals surface area contributed by atoms with Gasteiger partial charge < -0.3 is 14.5 Å². The Morgan fingerprint density at radius 2 is 1.87 bits per heavy atom. The molecule has 5 rings (SSSR count). The second-order valence-electron chi connectivity index (χ2n) is 7.10. The first-order valence-electron chi connectivity index (χ1n) is 9.59. The first-order valence-corrected chi connectivity index (χ1v) is 9.59. The van der Waals surface area contributed by atoms with Gasteiger partial charge in [-0.25, -0.2) is 0 Å². The third kappa shape index (κ3) is 3.53. The Balaban J connectivity index is 1.33. The molecule has 31 heavy (non-hydrogen) atoms. The summed E-state index contributed by atoms with van der Waals surface area (Å²) in [5.74, 6) is 1.06. The van der Waals surface area contributed by atoms with Crippen molar-refractivity contribution in [1.82, 2.24) is 4.98 Å². The summed E-state index contributed by atoms with van der Waals surface area (Å²) in [7, 11) is 0. The summed E-state index contributed by atoms with van der Waals surface area (Å²) < 4.78 is 11.6. The number of hydrogen-bond donors (Lipinski definition) is 1. The van der Waals surface area contributed by atoms with Gasteiger partial charge in [-0.2, -0.15) is 0 Å². The van der Waals surface area contributed by atoms with Crippen molar-refractivity contribution in [1.29, 1.82) is 0 Å². The van der Waals surface area contributed by atoms with E-state index in [0.717, 1.165) is 22.0 Å². The van der Waals surface area contributed by atoms with E-state index in [-0.39, 0.29) is 23.8 Å². The van der Waals surface area contributed by atoms with E-state index in [1.54, 1.807) is 36.4 Å². The SMILES string of the molecule is O=C1C(=Cc2c[nH]c3ccccc23)Oc2cc(OCc3ccc([N+](=O)[O-])cc3)ccc21. The molecule has 1 N–H and O–H groups in total. The molecule has 3 aromatic carbocycles. The zero-order valence-electron chi connectivity index (χ0n) is 16.2. The van der Waals surface area contributed by atoms with Crippen LogP contribution in [0.25, 0.3) is 17.0 Å². The average Bonchev–Trinajstić information content (AvgIpc) is 3.33. The molecule has 0 spiro atoms. The van der Waals surface area contributed by atoms with Crippen LogP contribution >= 0.6 is 0 Å². The van der Waals surface area contributed by atoms with E-state index in [2.05, 4.69) is 4.98 Å². The molecule has 0 saturated heterocycles. The van der Waals surface area contributed by atoms with E-state index >= 15 is 0 Å². The van der Waals surface area contributed by atoms with E-state index < -0.39 is 4.92 Å². The predicted octanol–water partition coefficient (Wildman–Crippen LogP) is 5.27. The zero-order valence-corrected chi connectivity index (χ0v) is 16.2. The second-order valence-corrected chi connectivity index (χ2v) is 7.10. The van der Waals surface area contributed by atoms with Crippen LogP contribution < -0.4 is 9.47 Å². The Morgan fingerprint density at radius 3 is 2.68 bits per heavy atom. The van der Waals surface area contributed by atoms with Gasteiger partial charge >= 0.3 is 0 Å². The van der Waals surface area contributed by atoms with Crippen molar-refractivity contribution in [2.24, 2.45) is 0 Å². The maximum atomic E-state index is 12.7. The Kier molecular flexibility index (Phi) is 4.48. The lowest BCUT2D eigenvalue weighted by Gasteiger charge is -2.07. The van der Waals surface area contributed by atoms with Crippen molar-refractivity contribution in [2.75, 3.05) is 0 Å². The summed E-state index contributed by atoms with van der Waals surface area (Å²) in [5.41, 5.74) is 3.17. The summed E-state index contributed by atoms with van der Waals surface area (Å²) in [6.45, 7) is 0.239. The third-order valence-electron chi connectivity index (χ3n) is 5.10. The van der Waals surface area contributed by atoms with Crippen molar-refractivity contribution < 1.29 is 19.2 Å². The highest BCUT2D eigenvalue weighted by molar-refractivity contribution is 6.15. The van der Waals surface area contributed by atoms with Gasteiger partial charge in [0, 0.05) is 40.9 Å². The predicted molar refractivity (Wildman–Crippen MR) is 115 cm³/mol. The molecule has 0 atom stereocenters. The minimum absolute atomic E-state index is 0.0303. The first kappa shape index (κ1) is 18.6. The summed E-state index contributed by atoms with van der Waals surface area (Å²) in [6.07, 6.45) is 3.58. The molecule has 7 nitrogen and oxygen atoms in total. The molecule has 0 unspecified atom stereocenters. The molecule has 1 aliphatic rings. The fourth-order valence-corrected chi connectivity index (χ4v) is 3.49. The van der Waals surface area contributed by atoms with Gasteiger partial charge in [-0.15, -0.1) is 0 Å². The maximum absolute atomic E-state index is 12.7. The molecular formula is C24H16N2O5. The number of nitro benzene ring substituents is 1. The van der Waals surface area contributed by atoms with E-state index in [9.17, 15) is 14.9 Å². The highest BCUT2D eigenvalue weighted by atomic mass is 16.6. The number of aromatic nitrogens is 1. The van der Waals surface area contributed by atoms with Gasteiger partial charge in [0.05, 0.1) is 10.5 Å². The topological polar surface area (TPSA) is 94.5 Å². The number of rotatable bonds is 5. The standard InChI is InChI=1S/C24H16N2O5/c27-24-20-10-9-18(30-14-15-5-7-17(8-6-15)26(28)29)12-22(20)31-23(24)11-16-13-25-21-4-2-1-3-19(16)21/h1-13,25H,14H2.